The van der Waals surface area contributed by atoms with Crippen molar-refractivity contribution < 1.29 is 19.7 Å². The molecule has 1 aromatic carbocycles. The Balaban J connectivity index is 1.50. The molecule has 4 fully saturated rings. The summed E-state index contributed by atoms with van der Waals surface area (Å²) in [6.45, 7) is 7.87. The summed E-state index contributed by atoms with van der Waals surface area (Å²) in [6.07, 6.45) is 11.5. The van der Waals surface area contributed by atoms with Crippen LogP contribution < -0.4 is 0 Å². The minimum atomic E-state index is -0.296. The van der Waals surface area contributed by atoms with Crippen LogP contribution in [0.1, 0.15) is 82.3 Å². The summed E-state index contributed by atoms with van der Waals surface area (Å²) in [7, 11) is 0. The highest BCUT2D eigenvalue weighted by Crippen LogP contribution is 2.61. The van der Waals surface area contributed by atoms with Crippen LogP contribution >= 0.6 is 0 Å². The van der Waals surface area contributed by atoms with E-state index < -0.39 is 0 Å². The molecule has 5 aliphatic carbocycles. The van der Waals surface area contributed by atoms with Crippen LogP contribution in [0.25, 0.3) is 0 Å². The molecule has 2 atom stereocenters. The number of allylic oxidation sites excluding steroid dienone is 2. The standard InChI is InChI=1S/C28H36O4/c1-16(2)23-5-4-18(15-32-17(3)29)9-24(23)27-25(30)10-22(11-26(27)31)28-12-19-6-20(13-28)8-21(7-19)14-28/h9-11,19-21,23-24,30-31H,1,4-8,12-15H2,2-3H3. The molecule has 4 nitrogen and oxygen atoms in total. The van der Waals surface area contributed by atoms with E-state index in [9.17, 15) is 15.0 Å². The van der Waals surface area contributed by atoms with Gasteiger partial charge in [0, 0.05) is 18.4 Å². The third-order valence-electron chi connectivity index (χ3n) is 8.84. The van der Waals surface area contributed by atoms with Crippen LogP contribution in [-0.2, 0) is 14.9 Å². The maximum atomic E-state index is 11.3. The van der Waals surface area contributed by atoms with Gasteiger partial charge in [-0.2, -0.15) is 0 Å². The fourth-order valence-corrected chi connectivity index (χ4v) is 7.86. The van der Waals surface area contributed by atoms with Gasteiger partial charge >= 0.3 is 5.97 Å². The molecule has 1 aromatic rings. The molecule has 0 aromatic heterocycles. The molecular formula is C28H36O4. The number of phenolic OH excluding ortho intramolecular Hbond substituents is 2. The van der Waals surface area contributed by atoms with Crippen LogP contribution in [0, 0.1) is 23.7 Å². The van der Waals surface area contributed by atoms with Crippen LogP contribution in [0.2, 0.25) is 0 Å². The number of carbonyl (C=O) groups is 1. The zero-order valence-electron chi connectivity index (χ0n) is 19.4. The van der Waals surface area contributed by atoms with Crippen molar-refractivity contribution in [2.45, 2.75) is 76.5 Å². The summed E-state index contributed by atoms with van der Waals surface area (Å²) in [5.41, 5.74) is 3.92. The average Bonchev–Trinajstić information content (AvgIpc) is 2.70. The van der Waals surface area contributed by atoms with Crippen molar-refractivity contribution in [3.05, 3.63) is 47.1 Å². The first-order valence-corrected chi connectivity index (χ1v) is 12.3. The summed E-state index contributed by atoms with van der Waals surface area (Å²) in [4.78, 5) is 11.3. The number of carbonyl (C=O) groups excluding carboxylic acids is 1. The van der Waals surface area contributed by atoms with Gasteiger partial charge < -0.3 is 14.9 Å². The van der Waals surface area contributed by atoms with Crippen molar-refractivity contribution in [3.8, 4) is 11.5 Å². The maximum Gasteiger partial charge on any atom is 0.302 e. The first-order valence-electron chi connectivity index (χ1n) is 12.3. The molecule has 5 aliphatic rings. The van der Waals surface area contributed by atoms with Crippen LogP contribution in [0.4, 0.5) is 0 Å². The molecule has 4 heteroatoms. The Morgan fingerprint density at radius 1 is 1.06 bits per heavy atom. The van der Waals surface area contributed by atoms with E-state index in [2.05, 4.69) is 12.7 Å². The topological polar surface area (TPSA) is 66.8 Å². The second-order valence-electron chi connectivity index (χ2n) is 11.2. The highest BCUT2D eigenvalue weighted by Gasteiger charge is 2.52. The molecule has 2 N–H and O–H groups in total. The van der Waals surface area contributed by atoms with Crippen molar-refractivity contribution in [3.63, 3.8) is 0 Å². The predicted octanol–water partition coefficient (Wildman–Crippen LogP) is 6.12. The number of esters is 1. The van der Waals surface area contributed by atoms with Crippen molar-refractivity contribution >= 4 is 5.97 Å². The number of rotatable bonds is 5. The summed E-state index contributed by atoms with van der Waals surface area (Å²) in [5, 5.41) is 22.5. The van der Waals surface area contributed by atoms with Gasteiger partial charge in [0.2, 0.25) is 0 Å². The van der Waals surface area contributed by atoms with Gasteiger partial charge in [-0.15, -0.1) is 0 Å². The largest absolute Gasteiger partial charge is 0.507 e. The van der Waals surface area contributed by atoms with Gasteiger partial charge in [-0.25, -0.2) is 0 Å². The minimum absolute atomic E-state index is 0.124. The Morgan fingerprint density at radius 2 is 1.62 bits per heavy atom. The lowest BCUT2D eigenvalue weighted by molar-refractivity contribution is -0.140. The maximum absolute atomic E-state index is 11.3. The van der Waals surface area contributed by atoms with E-state index in [4.69, 9.17) is 4.74 Å². The normalized spacial score (nSPS) is 35.4. The van der Waals surface area contributed by atoms with Gasteiger partial charge in [0.25, 0.3) is 0 Å². The Kier molecular flexibility index (Phi) is 5.38. The van der Waals surface area contributed by atoms with Gasteiger partial charge in [0.1, 0.15) is 18.1 Å². The quantitative estimate of drug-likeness (QED) is 0.431. The smallest absolute Gasteiger partial charge is 0.302 e. The zero-order valence-corrected chi connectivity index (χ0v) is 19.4. The van der Waals surface area contributed by atoms with E-state index in [1.54, 1.807) is 0 Å². The SMILES string of the molecule is C=C(C)C1CCC(COC(C)=O)=CC1c1c(O)cc(C23CC4CC(CC(C4)C2)C3)cc1O. The lowest BCUT2D eigenvalue weighted by atomic mass is 9.48. The van der Waals surface area contributed by atoms with E-state index in [1.165, 1.54) is 45.4 Å². The number of hydrogen-bond acceptors (Lipinski definition) is 4. The molecule has 0 spiro atoms. The fourth-order valence-electron chi connectivity index (χ4n) is 7.86. The molecule has 6 rings (SSSR count). The van der Waals surface area contributed by atoms with Gasteiger partial charge in [-0.05, 0) is 111 Å². The van der Waals surface area contributed by atoms with E-state index in [1.807, 2.05) is 19.1 Å². The molecule has 0 aliphatic heterocycles. The van der Waals surface area contributed by atoms with Crippen LogP contribution in [0.5, 0.6) is 11.5 Å². The Hall–Kier alpha value is -2.23. The van der Waals surface area contributed by atoms with E-state index in [-0.39, 0.29) is 41.3 Å². The highest BCUT2D eigenvalue weighted by atomic mass is 16.5. The second-order valence-corrected chi connectivity index (χ2v) is 11.2. The lowest BCUT2D eigenvalue weighted by Crippen LogP contribution is -2.48. The van der Waals surface area contributed by atoms with Crippen molar-refractivity contribution in [1.29, 1.82) is 0 Å². The summed E-state index contributed by atoms with van der Waals surface area (Å²) in [5.74, 6) is 2.48. The summed E-state index contributed by atoms with van der Waals surface area (Å²) in [6, 6.07) is 3.90. The second kappa shape index (κ2) is 7.97. The molecule has 0 amide bonds. The summed E-state index contributed by atoms with van der Waals surface area (Å²) >= 11 is 0. The van der Waals surface area contributed by atoms with Crippen molar-refractivity contribution in [2.24, 2.45) is 23.7 Å². The third kappa shape index (κ3) is 3.76. The number of ether oxygens (including phenoxy) is 1. The molecule has 0 heterocycles. The number of aromatic hydroxyl groups is 2. The summed E-state index contributed by atoms with van der Waals surface area (Å²) < 4.78 is 5.22. The molecule has 0 radical (unpaired) electrons. The molecule has 2 unspecified atom stereocenters. The minimum Gasteiger partial charge on any atom is -0.507 e. The Morgan fingerprint density at radius 3 is 2.12 bits per heavy atom. The lowest BCUT2D eigenvalue weighted by Gasteiger charge is -2.57. The van der Waals surface area contributed by atoms with Gasteiger partial charge in [0.15, 0.2) is 0 Å². The van der Waals surface area contributed by atoms with E-state index >= 15 is 0 Å². The third-order valence-corrected chi connectivity index (χ3v) is 8.84. The van der Waals surface area contributed by atoms with Crippen LogP contribution in [-0.4, -0.2) is 22.8 Å². The van der Waals surface area contributed by atoms with Gasteiger partial charge in [0.05, 0.1) is 0 Å². The molecule has 0 saturated heterocycles. The number of hydrogen-bond donors (Lipinski definition) is 2. The molecule has 4 saturated carbocycles. The first kappa shape index (κ1) is 21.6. The van der Waals surface area contributed by atoms with Crippen molar-refractivity contribution in [2.75, 3.05) is 6.61 Å². The van der Waals surface area contributed by atoms with Gasteiger partial charge in [-0.3, -0.25) is 4.79 Å². The first-order chi connectivity index (χ1) is 15.2. The van der Waals surface area contributed by atoms with E-state index in [0.29, 0.717) is 5.56 Å². The molecule has 4 bridgehead atoms. The van der Waals surface area contributed by atoms with Crippen molar-refractivity contribution in [1.82, 2.24) is 0 Å². The monoisotopic (exact) mass is 436 g/mol. The fraction of sp³-hybridized carbons (Fsp3) is 0.607. The van der Waals surface area contributed by atoms with E-state index in [0.717, 1.165) is 47.3 Å². The number of phenols is 2. The molecular weight excluding hydrogens is 400 g/mol. The predicted molar refractivity (Wildman–Crippen MR) is 125 cm³/mol. The molecule has 172 valence electrons. The molecule has 32 heavy (non-hydrogen) atoms. The zero-order chi connectivity index (χ0) is 22.6. The Labute approximate surface area is 191 Å². The number of benzene rings is 1. The van der Waals surface area contributed by atoms with Crippen LogP contribution in [0.15, 0.2) is 35.9 Å². The van der Waals surface area contributed by atoms with Gasteiger partial charge in [-0.1, -0.05) is 18.2 Å². The highest BCUT2D eigenvalue weighted by molar-refractivity contribution is 5.66. The average molecular weight is 437 g/mol. The van der Waals surface area contributed by atoms with Crippen LogP contribution in [0.3, 0.4) is 0 Å². The Bertz CT molecular complexity index is 913.